The second-order valence-corrected chi connectivity index (χ2v) is 11.1. The van der Waals surface area contributed by atoms with E-state index in [1.165, 1.54) is 12.1 Å². The number of nitrogens with one attached hydrogen (secondary N) is 2. The van der Waals surface area contributed by atoms with Gasteiger partial charge in [0.2, 0.25) is 10.0 Å². The van der Waals surface area contributed by atoms with Crippen LogP contribution in [-0.4, -0.2) is 63.1 Å². The molecule has 11 heteroatoms. The highest BCUT2D eigenvalue weighted by Crippen LogP contribution is 2.23. The molecule has 0 aliphatic carbocycles. The fourth-order valence-electron chi connectivity index (χ4n) is 3.14. The molecule has 2 rings (SSSR count). The van der Waals surface area contributed by atoms with Crippen LogP contribution in [0.1, 0.15) is 44.0 Å². The first-order valence-corrected chi connectivity index (χ1v) is 11.6. The molecule has 176 valence electrons. The lowest BCUT2D eigenvalue weighted by Gasteiger charge is -2.32. The Labute approximate surface area is 181 Å². The van der Waals surface area contributed by atoms with E-state index in [1.54, 1.807) is 20.8 Å². The number of piperidine rings is 1. The topological polar surface area (TPSA) is 87.7 Å². The highest BCUT2D eigenvalue weighted by molar-refractivity contribution is 7.90. The van der Waals surface area contributed by atoms with Crippen molar-refractivity contribution in [1.82, 2.24) is 14.9 Å². The highest BCUT2D eigenvalue weighted by Gasteiger charge is 2.31. The number of sulfonamides is 1. The van der Waals surface area contributed by atoms with E-state index in [2.05, 4.69) is 19.7 Å². The zero-order valence-electron chi connectivity index (χ0n) is 18.0. The Kier molecular flexibility index (Phi) is 8.34. The summed E-state index contributed by atoms with van der Waals surface area (Å²) in [6.07, 6.45) is -3.14. The van der Waals surface area contributed by atoms with Crippen molar-refractivity contribution in [3.8, 4) is 5.75 Å². The molecule has 0 bridgehead atoms. The number of hydrogen-bond donors (Lipinski definition) is 2. The number of nitrogens with zero attached hydrogens (tertiary/aromatic N) is 1. The van der Waals surface area contributed by atoms with Crippen molar-refractivity contribution in [2.45, 2.75) is 44.7 Å². The fourth-order valence-corrected chi connectivity index (χ4v) is 3.94. The van der Waals surface area contributed by atoms with Gasteiger partial charge >= 0.3 is 6.36 Å². The van der Waals surface area contributed by atoms with Crippen molar-refractivity contribution in [3.05, 3.63) is 29.8 Å². The number of halogens is 3. The average molecular weight is 466 g/mol. The maximum atomic E-state index is 12.3. The maximum Gasteiger partial charge on any atom is 0.573 e. The molecule has 1 aliphatic heterocycles. The molecule has 0 atom stereocenters. The van der Waals surface area contributed by atoms with E-state index in [1.807, 2.05) is 0 Å². The van der Waals surface area contributed by atoms with Crippen LogP contribution >= 0.6 is 0 Å². The molecule has 2 N–H and O–H groups in total. The van der Waals surface area contributed by atoms with Crippen molar-refractivity contribution in [3.63, 3.8) is 0 Å². The monoisotopic (exact) mass is 465 g/mol. The van der Waals surface area contributed by atoms with Gasteiger partial charge in [0.25, 0.3) is 5.91 Å². The minimum atomic E-state index is -4.81. The first kappa shape index (κ1) is 25.4. The molecule has 1 aromatic rings. The molecule has 0 saturated carbocycles. The van der Waals surface area contributed by atoms with E-state index in [4.69, 9.17) is 0 Å². The van der Waals surface area contributed by atoms with Crippen molar-refractivity contribution in [2.24, 2.45) is 5.92 Å². The second kappa shape index (κ2) is 10.2. The number of ether oxygens (including phenoxy) is 1. The van der Waals surface area contributed by atoms with E-state index >= 15 is 0 Å². The lowest BCUT2D eigenvalue weighted by Crippen LogP contribution is -2.45. The van der Waals surface area contributed by atoms with Gasteiger partial charge in [-0.1, -0.05) is 6.07 Å². The first-order chi connectivity index (χ1) is 14.3. The standard InChI is InChI=1S/C20H30F3N3O4S/c1-19(2,3)31(28,29)25-9-12-26-10-7-15(8-11-26)14-24-18(27)16-5-4-6-17(13-16)30-20(21,22)23/h4-6,13,15,25H,7-12,14H2,1-3H3,(H,24,27). The molecule has 1 aliphatic rings. The van der Waals surface area contributed by atoms with Gasteiger partial charge in [0.15, 0.2) is 0 Å². The van der Waals surface area contributed by atoms with Crippen LogP contribution in [0, 0.1) is 5.92 Å². The average Bonchev–Trinajstić information content (AvgIpc) is 2.65. The Morgan fingerprint density at radius 2 is 1.84 bits per heavy atom. The van der Waals surface area contributed by atoms with E-state index in [0.29, 0.717) is 19.6 Å². The molecule has 0 aromatic heterocycles. The summed E-state index contributed by atoms with van der Waals surface area (Å²) in [6.45, 7) is 7.89. The minimum absolute atomic E-state index is 0.102. The van der Waals surface area contributed by atoms with Crippen LogP contribution in [0.2, 0.25) is 0 Å². The third kappa shape index (κ3) is 8.30. The minimum Gasteiger partial charge on any atom is -0.406 e. The first-order valence-electron chi connectivity index (χ1n) is 10.1. The summed E-state index contributed by atoms with van der Waals surface area (Å²) < 4.78 is 66.7. The largest absolute Gasteiger partial charge is 0.573 e. The molecule has 31 heavy (non-hydrogen) atoms. The molecule has 0 radical (unpaired) electrons. The van der Waals surface area contributed by atoms with Gasteiger partial charge in [-0.25, -0.2) is 13.1 Å². The van der Waals surface area contributed by atoms with Crippen LogP contribution in [0.15, 0.2) is 24.3 Å². The Morgan fingerprint density at radius 1 is 1.19 bits per heavy atom. The smallest absolute Gasteiger partial charge is 0.406 e. The van der Waals surface area contributed by atoms with Gasteiger partial charge in [-0.2, -0.15) is 0 Å². The van der Waals surface area contributed by atoms with Gasteiger partial charge in [-0.15, -0.1) is 13.2 Å². The molecule has 1 saturated heterocycles. The highest BCUT2D eigenvalue weighted by atomic mass is 32.2. The van der Waals surface area contributed by atoms with Crippen molar-refractivity contribution in [1.29, 1.82) is 0 Å². The third-order valence-corrected chi connectivity index (χ3v) is 7.31. The van der Waals surface area contributed by atoms with Gasteiger partial charge in [-0.05, 0) is 70.8 Å². The molecule has 0 spiro atoms. The van der Waals surface area contributed by atoms with Crippen LogP contribution in [0.4, 0.5) is 13.2 Å². The van der Waals surface area contributed by atoms with Crippen LogP contribution in [0.5, 0.6) is 5.75 Å². The summed E-state index contributed by atoms with van der Waals surface area (Å²) in [5.74, 6) is -0.636. The quantitative estimate of drug-likeness (QED) is 0.617. The van der Waals surface area contributed by atoms with Gasteiger partial charge < -0.3 is 15.0 Å². The number of benzene rings is 1. The van der Waals surface area contributed by atoms with Crippen LogP contribution in [0.3, 0.4) is 0 Å². The lowest BCUT2D eigenvalue weighted by atomic mass is 9.96. The van der Waals surface area contributed by atoms with Crippen LogP contribution < -0.4 is 14.8 Å². The molecular formula is C20H30F3N3O4S. The van der Waals surface area contributed by atoms with E-state index < -0.39 is 32.8 Å². The van der Waals surface area contributed by atoms with Gasteiger partial charge in [0, 0.05) is 25.2 Å². The molecule has 0 unspecified atom stereocenters. The van der Waals surface area contributed by atoms with Crippen molar-refractivity contribution < 1.29 is 31.1 Å². The number of carbonyl (C=O) groups excluding carboxylic acids is 1. The number of rotatable bonds is 8. The fraction of sp³-hybridized carbons (Fsp3) is 0.650. The summed E-state index contributed by atoms with van der Waals surface area (Å²) in [4.78, 5) is 14.4. The van der Waals surface area contributed by atoms with E-state index in [9.17, 15) is 26.4 Å². The van der Waals surface area contributed by atoms with E-state index in [-0.39, 0.29) is 11.5 Å². The van der Waals surface area contributed by atoms with Crippen LogP contribution in [-0.2, 0) is 10.0 Å². The summed E-state index contributed by atoms with van der Waals surface area (Å²) in [5.41, 5.74) is 0.102. The van der Waals surface area contributed by atoms with Gasteiger partial charge in [-0.3, -0.25) is 4.79 Å². The molecule has 1 fully saturated rings. The van der Waals surface area contributed by atoms with Crippen LogP contribution in [0.25, 0.3) is 0 Å². The van der Waals surface area contributed by atoms with Crippen molar-refractivity contribution >= 4 is 15.9 Å². The SMILES string of the molecule is CC(C)(C)S(=O)(=O)NCCN1CCC(CNC(=O)c2cccc(OC(F)(F)F)c2)CC1. The van der Waals surface area contributed by atoms with Gasteiger partial charge in [0.05, 0.1) is 4.75 Å². The lowest BCUT2D eigenvalue weighted by molar-refractivity contribution is -0.274. The summed E-state index contributed by atoms with van der Waals surface area (Å²) in [5, 5.41) is 2.77. The summed E-state index contributed by atoms with van der Waals surface area (Å²) in [6, 6.07) is 4.97. The van der Waals surface area contributed by atoms with E-state index in [0.717, 1.165) is 38.1 Å². The zero-order valence-corrected chi connectivity index (χ0v) is 18.8. The number of amides is 1. The maximum absolute atomic E-state index is 12.3. The molecule has 1 amide bonds. The summed E-state index contributed by atoms with van der Waals surface area (Å²) in [7, 11) is -3.36. The molecule has 1 heterocycles. The van der Waals surface area contributed by atoms with Crippen molar-refractivity contribution in [2.75, 3.05) is 32.7 Å². The predicted molar refractivity (Wildman–Crippen MR) is 111 cm³/mol. The molecule has 1 aromatic carbocycles. The third-order valence-electron chi connectivity index (χ3n) is 5.11. The summed E-state index contributed by atoms with van der Waals surface area (Å²) >= 11 is 0. The number of hydrogen-bond acceptors (Lipinski definition) is 5. The Balaban J connectivity index is 1.72. The zero-order chi connectivity index (χ0) is 23.3. The molecule has 7 nitrogen and oxygen atoms in total. The number of alkyl halides is 3. The molecular weight excluding hydrogens is 435 g/mol. The number of likely N-dealkylation sites (tertiary alicyclic amines) is 1. The predicted octanol–water partition coefficient (Wildman–Crippen LogP) is 2.74. The Bertz CT molecular complexity index is 846. The Morgan fingerprint density at radius 3 is 2.42 bits per heavy atom. The normalized spacial score (nSPS) is 16.8. The second-order valence-electron chi connectivity index (χ2n) is 8.58. The van der Waals surface area contributed by atoms with Gasteiger partial charge in [0.1, 0.15) is 5.75 Å². The number of carbonyl (C=O) groups is 1. The Hall–Kier alpha value is -1.85.